The molecule has 0 saturated heterocycles. The van der Waals surface area contributed by atoms with Crippen LogP contribution in [-0.4, -0.2) is 26.5 Å². The Kier molecular flexibility index (Phi) is 4.20. The summed E-state index contributed by atoms with van der Waals surface area (Å²) in [6.45, 7) is 3.89. The Morgan fingerprint density at radius 1 is 1.26 bits per heavy atom. The standard InChI is InChI=1S/C16H16N4O2S/c1-10(21)13-9-20(14-6-4-3-5-12(13)14)8-7-15(22)17-16-19-18-11(2)23-16/h3-6,9H,7-8H2,1-2H3,(H,17,19,22). The zero-order valence-corrected chi connectivity index (χ0v) is 13.7. The first kappa shape index (κ1) is 15.4. The van der Waals surface area contributed by atoms with E-state index in [1.54, 1.807) is 6.92 Å². The molecule has 2 heterocycles. The lowest BCUT2D eigenvalue weighted by atomic mass is 10.1. The van der Waals surface area contributed by atoms with E-state index in [-0.39, 0.29) is 11.7 Å². The van der Waals surface area contributed by atoms with Crippen molar-refractivity contribution < 1.29 is 9.59 Å². The highest BCUT2D eigenvalue weighted by molar-refractivity contribution is 7.15. The minimum Gasteiger partial charge on any atom is -0.346 e. The molecule has 6 nitrogen and oxygen atoms in total. The summed E-state index contributed by atoms with van der Waals surface area (Å²) in [5.41, 5.74) is 1.64. The maximum absolute atomic E-state index is 12.0. The summed E-state index contributed by atoms with van der Waals surface area (Å²) in [6.07, 6.45) is 2.12. The van der Waals surface area contributed by atoms with Crippen molar-refractivity contribution in [1.82, 2.24) is 14.8 Å². The molecule has 1 N–H and O–H groups in total. The number of hydrogen-bond acceptors (Lipinski definition) is 5. The smallest absolute Gasteiger partial charge is 0.227 e. The molecule has 0 atom stereocenters. The topological polar surface area (TPSA) is 76.9 Å². The van der Waals surface area contributed by atoms with Gasteiger partial charge in [-0.05, 0) is 19.9 Å². The third-order valence-electron chi connectivity index (χ3n) is 3.52. The van der Waals surface area contributed by atoms with Crippen molar-refractivity contribution in [2.45, 2.75) is 26.8 Å². The van der Waals surface area contributed by atoms with E-state index in [2.05, 4.69) is 15.5 Å². The molecule has 2 aromatic heterocycles. The molecule has 0 fully saturated rings. The zero-order chi connectivity index (χ0) is 16.4. The summed E-state index contributed by atoms with van der Waals surface area (Å²) in [5.74, 6) is -0.1000. The highest BCUT2D eigenvalue weighted by Gasteiger charge is 2.13. The lowest BCUT2D eigenvalue weighted by Crippen LogP contribution is -2.14. The number of Topliss-reactive ketones (excluding diaryl/α,β-unsaturated/α-hetero) is 1. The van der Waals surface area contributed by atoms with Gasteiger partial charge in [-0.3, -0.25) is 9.59 Å². The van der Waals surface area contributed by atoms with Crippen LogP contribution in [0.25, 0.3) is 10.9 Å². The van der Waals surface area contributed by atoms with Crippen LogP contribution in [0.1, 0.15) is 28.7 Å². The number of nitrogens with one attached hydrogen (secondary N) is 1. The van der Waals surface area contributed by atoms with Crippen LogP contribution < -0.4 is 5.32 Å². The monoisotopic (exact) mass is 328 g/mol. The van der Waals surface area contributed by atoms with Gasteiger partial charge in [0.05, 0.1) is 0 Å². The quantitative estimate of drug-likeness (QED) is 0.730. The van der Waals surface area contributed by atoms with Crippen LogP contribution >= 0.6 is 11.3 Å². The van der Waals surface area contributed by atoms with Crippen LogP contribution in [0.3, 0.4) is 0 Å². The number of hydrogen-bond donors (Lipinski definition) is 1. The van der Waals surface area contributed by atoms with Crippen LogP contribution in [0.4, 0.5) is 5.13 Å². The summed E-state index contributed by atoms with van der Waals surface area (Å²) >= 11 is 1.34. The maximum Gasteiger partial charge on any atom is 0.227 e. The van der Waals surface area contributed by atoms with E-state index in [0.29, 0.717) is 23.7 Å². The molecular weight excluding hydrogens is 312 g/mol. The first-order chi connectivity index (χ1) is 11.0. The lowest BCUT2D eigenvalue weighted by Gasteiger charge is -2.05. The second kappa shape index (κ2) is 6.29. The molecule has 0 aliphatic heterocycles. The predicted molar refractivity (Wildman–Crippen MR) is 89.8 cm³/mol. The summed E-state index contributed by atoms with van der Waals surface area (Å²) < 4.78 is 1.94. The van der Waals surface area contributed by atoms with Crippen LogP contribution in [0.15, 0.2) is 30.5 Å². The Morgan fingerprint density at radius 3 is 2.74 bits per heavy atom. The van der Waals surface area contributed by atoms with Gasteiger partial charge in [-0.25, -0.2) is 0 Å². The molecule has 7 heteroatoms. The van der Waals surface area contributed by atoms with Gasteiger partial charge < -0.3 is 9.88 Å². The first-order valence-corrected chi connectivity index (χ1v) is 8.05. The minimum atomic E-state index is -0.122. The molecule has 0 radical (unpaired) electrons. The second-order valence-electron chi connectivity index (χ2n) is 5.23. The van der Waals surface area contributed by atoms with E-state index in [1.807, 2.05) is 42.0 Å². The van der Waals surface area contributed by atoms with Crippen LogP contribution in [0.5, 0.6) is 0 Å². The molecule has 1 amide bonds. The van der Waals surface area contributed by atoms with Gasteiger partial charge in [-0.1, -0.05) is 29.5 Å². The Bertz CT molecular complexity index is 881. The van der Waals surface area contributed by atoms with E-state index in [4.69, 9.17) is 0 Å². The van der Waals surface area contributed by atoms with Gasteiger partial charge in [0.1, 0.15) is 5.01 Å². The third-order valence-corrected chi connectivity index (χ3v) is 4.27. The maximum atomic E-state index is 12.0. The van der Waals surface area contributed by atoms with E-state index >= 15 is 0 Å². The van der Waals surface area contributed by atoms with E-state index in [0.717, 1.165) is 15.9 Å². The SMILES string of the molecule is CC(=O)c1cn(CCC(=O)Nc2nnc(C)s2)c2ccccc12. The number of anilines is 1. The Labute approximate surface area is 137 Å². The fraction of sp³-hybridized carbons (Fsp3) is 0.250. The van der Waals surface area contributed by atoms with E-state index in [9.17, 15) is 9.59 Å². The van der Waals surface area contributed by atoms with Gasteiger partial charge in [-0.15, -0.1) is 10.2 Å². The number of aromatic nitrogens is 3. The van der Waals surface area contributed by atoms with Crippen LogP contribution in [0.2, 0.25) is 0 Å². The molecule has 0 saturated carbocycles. The lowest BCUT2D eigenvalue weighted by molar-refractivity contribution is -0.116. The number of nitrogens with zero attached hydrogens (tertiary/aromatic N) is 3. The molecule has 0 aliphatic rings. The summed E-state index contributed by atoms with van der Waals surface area (Å²) in [6, 6.07) is 7.71. The van der Waals surface area contributed by atoms with Crippen molar-refractivity contribution in [3.05, 3.63) is 41.0 Å². The predicted octanol–water partition coefficient (Wildman–Crippen LogP) is 3.03. The number of para-hydroxylation sites is 1. The fourth-order valence-electron chi connectivity index (χ4n) is 2.46. The molecule has 23 heavy (non-hydrogen) atoms. The minimum absolute atomic E-state index is 0.0220. The molecule has 118 valence electrons. The number of carbonyl (C=O) groups excluding carboxylic acids is 2. The van der Waals surface area contributed by atoms with Crippen LogP contribution in [0, 0.1) is 6.92 Å². The highest BCUT2D eigenvalue weighted by atomic mass is 32.1. The van der Waals surface area contributed by atoms with Gasteiger partial charge in [0.2, 0.25) is 11.0 Å². The molecule has 0 aliphatic carbocycles. The van der Waals surface area contributed by atoms with Crippen molar-refractivity contribution in [2.24, 2.45) is 0 Å². The Hall–Kier alpha value is -2.54. The van der Waals surface area contributed by atoms with Gasteiger partial charge >= 0.3 is 0 Å². The molecule has 0 unspecified atom stereocenters. The van der Waals surface area contributed by atoms with Gasteiger partial charge in [-0.2, -0.15) is 0 Å². The molecule has 0 spiro atoms. The van der Waals surface area contributed by atoms with Crippen molar-refractivity contribution >= 4 is 39.1 Å². The third kappa shape index (κ3) is 3.29. The van der Waals surface area contributed by atoms with Gasteiger partial charge in [0.15, 0.2) is 5.78 Å². The number of fused-ring (bicyclic) bond motifs is 1. The molecule has 1 aromatic carbocycles. The number of rotatable bonds is 5. The van der Waals surface area contributed by atoms with Crippen molar-refractivity contribution in [1.29, 1.82) is 0 Å². The Morgan fingerprint density at radius 2 is 2.04 bits per heavy atom. The second-order valence-corrected chi connectivity index (χ2v) is 6.42. The zero-order valence-electron chi connectivity index (χ0n) is 12.9. The normalized spacial score (nSPS) is 10.9. The summed E-state index contributed by atoms with van der Waals surface area (Å²) in [7, 11) is 0. The summed E-state index contributed by atoms with van der Waals surface area (Å²) in [4.78, 5) is 23.8. The van der Waals surface area contributed by atoms with E-state index < -0.39 is 0 Å². The highest BCUT2D eigenvalue weighted by Crippen LogP contribution is 2.22. The van der Waals surface area contributed by atoms with E-state index in [1.165, 1.54) is 11.3 Å². The van der Waals surface area contributed by atoms with Crippen molar-refractivity contribution in [2.75, 3.05) is 5.32 Å². The molecular formula is C16H16N4O2S. The first-order valence-electron chi connectivity index (χ1n) is 7.23. The fourth-order valence-corrected chi connectivity index (χ4v) is 3.07. The van der Waals surface area contributed by atoms with Crippen molar-refractivity contribution in [3.8, 4) is 0 Å². The average Bonchev–Trinajstić information content (AvgIpc) is 3.09. The van der Waals surface area contributed by atoms with Gasteiger partial charge in [0.25, 0.3) is 0 Å². The number of aryl methyl sites for hydroxylation is 2. The number of amides is 1. The largest absolute Gasteiger partial charge is 0.346 e. The van der Waals surface area contributed by atoms with Crippen LogP contribution in [-0.2, 0) is 11.3 Å². The number of benzene rings is 1. The summed E-state index contributed by atoms with van der Waals surface area (Å²) in [5, 5.41) is 12.7. The number of ketones is 1. The number of carbonyl (C=O) groups is 2. The molecule has 3 aromatic rings. The molecule has 3 rings (SSSR count). The van der Waals surface area contributed by atoms with Gasteiger partial charge in [0, 0.05) is 35.6 Å². The Balaban J connectivity index is 1.74. The average molecular weight is 328 g/mol. The van der Waals surface area contributed by atoms with Crippen molar-refractivity contribution in [3.63, 3.8) is 0 Å². The molecule has 0 bridgehead atoms.